The van der Waals surface area contributed by atoms with Gasteiger partial charge in [-0.2, -0.15) is 0 Å². The van der Waals surface area contributed by atoms with E-state index in [1.807, 2.05) is 24.3 Å². The molecule has 1 aromatic rings. The first-order valence-corrected chi connectivity index (χ1v) is 8.90. The van der Waals surface area contributed by atoms with E-state index in [1.165, 1.54) is 31.2 Å². The van der Waals surface area contributed by atoms with Gasteiger partial charge in [0.15, 0.2) is 0 Å². The molecule has 1 saturated carbocycles. The fourth-order valence-corrected chi connectivity index (χ4v) is 3.68. The van der Waals surface area contributed by atoms with Gasteiger partial charge in [0.25, 0.3) is 0 Å². The van der Waals surface area contributed by atoms with Gasteiger partial charge in [-0.25, -0.2) is 0 Å². The van der Waals surface area contributed by atoms with Crippen LogP contribution in [0.15, 0.2) is 24.3 Å². The third-order valence-electron chi connectivity index (χ3n) is 5.05. The first-order valence-electron chi connectivity index (χ1n) is 8.90. The van der Waals surface area contributed by atoms with Gasteiger partial charge in [0.1, 0.15) is 0 Å². The summed E-state index contributed by atoms with van der Waals surface area (Å²) in [5.41, 5.74) is 2.08. The van der Waals surface area contributed by atoms with Crippen molar-refractivity contribution in [2.24, 2.45) is 5.92 Å². The lowest BCUT2D eigenvalue weighted by atomic mass is 9.89. The Bertz CT molecular complexity index is 562. The number of nitrogens with one attached hydrogen (secondary N) is 2. The minimum atomic E-state index is -0.0928. The molecule has 3 rings (SSSR count). The second kappa shape index (κ2) is 7.62. The smallest absolute Gasteiger partial charge is 0.227 e. The van der Waals surface area contributed by atoms with E-state index in [0.29, 0.717) is 18.9 Å². The van der Waals surface area contributed by atoms with Gasteiger partial charge >= 0.3 is 0 Å². The lowest BCUT2D eigenvalue weighted by Crippen LogP contribution is -2.36. The molecule has 1 aliphatic heterocycles. The van der Waals surface area contributed by atoms with Gasteiger partial charge in [0.05, 0.1) is 0 Å². The zero-order valence-electron chi connectivity index (χ0n) is 13.6. The first kappa shape index (κ1) is 16.0. The fourth-order valence-electron chi connectivity index (χ4n) is 3.68. The van der Waals surface area contributed by atoms with Crippen LogP contribution in [0.2, 0.25) is 0 Å². The lowest BCUT2D eigenvalue weighted by Gasteiger charge is -2.24. The summed E-state index contributed by atoms with van der Waals surface area (Å²) in [4.78, 5) is 24.3. The van der Waals surface area contributed by atoms with Gasteiger partial charge in [-0.05, 0) is 37.3 Å². The number of fused-ring (bicyclic) bond motifs is 1. The molecule has 1 aromatic carbocycles. The molecule has 2 N–H and O–H groups in total. The van der Waals surface area contributed by atoms with Gasteiger partial charge in [-0.1, -0.05) is 43.9 Å². The number of amides is 2. The van der Waals surface area contributed by atoms with Crippen molar-refractivity contribution in [2.75, 3.05) is 5.32 Å². The monoisotopic (exact) mass is 314 g/mol. The first-order chi connectivity index (χ1) is 11.2. The van der Waals surface area contributed by atoms with Crippen molar-refractivity contribution < 1.29 is 9.59 Å². The quantitative estimate of drug-likeness (QED) is 0.837. The standard InChI is InChI=1S/C19H26N2O2/c22-18(20-16-8-3-1-2-4-9-16)12-11-15-13-14-7-5-6-10-17(14)21-19(15)23/h5-7,10,15-16H,1-4,8-9,11-13H2,(H,20,22)(H,21,23). The van der Waals surface area contributed by atoms with Crippen molar-refractivity contribution in [1.82, 2.24) is 5.32 Å². The predicted molar refractivity (Wildman–Crippen MR) is 91.1 cm³/mol. The van der Waals surface area contributed by atoms with Crippen LogP contribution in [-0.2, 0) is 16.0 Å². The SMILES string of the molecule is O=C(CCC1Cc2ccccc2NC1=O)NC1CCCCCC1. The third-order valence-corrected chi connectivity index (χ3v) is 5.05. The van der Waals surface area contributed by atoms with Crippen molar-refractivity contribution in [1.29, 1.82) is 0 Å². The van der Waals surface area contributed by atoms with Crippen molar-refractivity contribution in [3.8, 4) is 0 Å². The zero-order chi connectivity index (χ0) is 16.1. The Morgan fingerprint density at radius 2 is 1.87 bits per heavy atom. The van der Waals surface area contributed by atoms with E-state index in [2.05, 4.69) is 10.6 Å². The molecular weight excluding hydrogens is 288 g/mol. The molecule has 1 aliphatic carbocycles. The predicted octanol–water partition coefficient (Wildman–Crippen LogP) is 3.42. The van der Waals surface area contributed by atoms with E-state index >= 15 is 0 Å². The number of carbonyl (C=O) groups is 2. The largest absolute Gasteiger partial charge is 0.353 e. The summed E-state index contributed by atoms with van der Waals surface area (Å²) in [5.74, 6) is 0.0549. The maximum absolute atomic E-state index is 12.2. The van der Waals surface area contributed by atoms with E-state index in [1.54, 1.807) is 0 Å². The molecule has 0 bridgehead atoms. The molecule has 2 aliphatic rings. The van der Waals surface area contributed by atoms with Crippen LogP contribution in [0.4, 0.5) is 5.69 Å². The summed E-state index contributed by atoms with van der Waals surface area (Å²) >= 11 is 0. The van der Waals surface area contributed by atoms with Crippen molar-refractivity contribution in [3.63, 3.8) is 0 Å². The maximum Gasteiger partial charge on any atom is 0.227 e. The number of carbonyl (C=O) groups excluding carboxylic acids is 2. The summed E-state index contributed by atoms with van der Waals surface area (Å²) < 4.78 is 0. The molecular formula is C19H26N2O2. The summed E-state index contributed by atoms with van der Waals surface area (Å²) in [6, 6.07) is 8.24. The maximum atomic E-state index is 12.2. The number of hydrogen-bond acceptors (Lipinski definition) is 2. The minimum Gasteiger partial charge on any atom is -0.353 e. The Morgan fingerprint density at radius 3 is 2.65 bits per heavy atom. The number of anilines is 1. The summed E-state index contributed by atoms with van der Waals surface area (Å²) in [6.45, 7) is 0. The van der Waals surface area contributed by atoms with E-state index < -0.39 is 0 Å². The molecule has 1 unspecified atom stereocenters. The van der Waals surface area contributed by atoms with Gasteiger partial charge in [0.2, 0.25) is 11.8 Å². The molecule has 0 aromatic heterocycles. The number of para-hydroxylation sites is 1. The van der Waals surface area contributed by atoms with E-state index in [-0.39, 0.29) is 17.7 Å². The van der Waals surface area contributed by atoms with E-state index in [0.717, 1.165) is 24.9 Å². The Labute approximate surface area is 138 Å². The Balaban J connectivity index is 1.48. The van der Waals surface area contributed by atoms with Crippen molar-refractivity contribution in [2.45, 2.75) is 63.8 Å². The lowest BCUT2D eigenvalue weighted by molar-refractivity contribution is -0.123. The molecule has 4 heteroatoms. The second-order valence-electron chi connectivity index (χ2n) is 6.84. The van der Waals surface area contributed by atoms with Crippen molar-refractivity contribution >= 4 is 17.5 Å². The number of hydrogen-bond donors (Lipinski definition) is 2. The highest BCUT2D eigenvalue weighted by Gasteiger charge is 2.26. The molecule has 0 spiro atoms. The molecule has 1 heterocycles. The summed E-state index contributed by atoms with van der Waals surface area (Å²) in [7, 11) is 0. The molecule has 4 nitrogen and oxygen atoms in total. The van der Waals surface area contributed by atoms with Gasteiger partial charge < -0.3 is 10.6 Å². The summed E-state index contributed by atoms with van der Waals surface area (Å²) in [6.07, 6.45) is 9.00. The van der Waals surface area contributed by atoms with Crippen LogP contribution in [-0.4, -0.2) is 17.9 Å². The number of benzene rings is 1. The highest BCUT2D eigenvalue weighted by molar-refractivity contribution is 5.96. The second-order valence-corrected chi connectivity index (χ2v) is 6.84. The average molecular weight is 314 g/mol. The third kappa shape index (κ3) is 4.34. The van der Waals surface area contributed by atoms with Gasteiger partial charge in [-0.3, -0.25) is 9.59 Å². The molecule has 23 heavy (non-hydrogen) atoms. The minimum absolute atomic E-state index is 0.0472. The van der Waals surface area contributed by atoms with Crippen LogP contribution in [0.1, 0.15) is 56.9 Å². The highest BCUT2D eigenvalue weighted by atomic mass is 16.2. The average Bonchev–Trinajstić information content (AvgIpc) is 2.81. The van der Waals surface area contributed by atoms with Crippen LogP contribution >= 0.6 is 0 Å². The van der Waals surface area contributed by atoms with E-state index in [4.69, 9.17) is 0 Å². The molecule has 2 amide bonds. The van der Waals surface area contributed by atoms with Crippen LogP contribution in [0.3, 0.4) is 0 Å². The fraction of sp³-hybridized carbons (Fsp3) is 0.579. The van der Waals surface area contributed by atoms with Crippen LogP contribution < -0.4 is 10.6 Å². The van der Waals surface area contributed by atoms with Crippen LogP contribution in [0.25, 0.3) is 0 Å². The van der Waals surface area contributed by atoms with Gasteiger partial charge in [-0.15, -0.1) is 0 Å². The van der Waals surface area contributed by atoms with Gasteiger partial charge in [0, 0.05) is 24.1 Å². The molecule has 124 valence electrons. The molecule has 0 radical (unpaired) electrons. The van der Waals surface area contributed by atoms with Crippen LogP contribution in [0, 0.1) is 5.92 Å². The summed E-state index contributed by atoms with van der Waals surface area (Å²) in [5, 5.41) is 6.11. The normalized spacial score (nSPS) is 21.9. The highest BCUT2D eigenvalue weighted by Crippen LogP contribution is 2.27. The van der Waals surface area contributed by atoms with E-state index in [9.17, 15) is 9.59 Å². The Hall–Kier alpha value is -1.84. The molecule has 0 saturated heterocycles. The van der Waals surface area contributed by atoms with Crippen molar-refractivity contribution in [3.05, 3.63) is 29.8 Å². The molecule has 1 fully saturated rings. The molecule has 1 atom stereocenters. The Morgan fingerprint density at radius 1 is 1.13 bits per heavy atom. The topological polar surface area (TPSA) is 58.2 Å². The zero-order valence-corrected chi connectivity index (χ0v) is 13.6. The number of rotatable bonds is 4. The Kier molecular flexibility index (Phi) is 5.31. The van der Waals surface area contributed by atoms with Crippen LogP contribution in [0.5, 0.6) is 0 Å².